The molecule has 4 aromatic carbocycles. The van der Waals surface area contributed by atoms with E-state index in [1.165, 1.54) is 27.5 Å². The van der Waals surface area contributed by atoms with Crippen LogP contribution >= 0.6 is 22.6 Å². The Balaban J connectivity index is 1.55. The van der Waals surface area contributed by atoms with Crippen molar-refractivity contribution >= 4 is 39.1 Å². The van der Waals surface area contributed by atoms with Crippen LogP contribution in [0.2, 0.25) is 0 Å². The van der Waals surface area contributed by atoms with E-state index in [0.29, 0.717) is 13.2 Å². The van der Waals surface area contributed by atoms with E-state index < -0.39 is 0 Å². The van der Waals surface area contributed by atoms with Crippen molar-refractivity contribution in [1.82, 2.24) is 0 Å². The molecule has 0 aromatic heterocycles. The number of benzene rings is 4. The molecule has 0 aliphatic rings. The molecular formula is C28H28INO2. The largest absolute Gasteiger partial charge is 0.490 e. The minimum Gasteiger partial charge on any atom is -0.490 e. The molecule has 4 aromatic rings. The van der Waals surface area contributed by atoms with E-state index in [9.17, 15) is 0 Å². The molecule has 0 aliphatic carbocycles. The Morgan fingerprint density at radius 1 is 0.875 bits per heavy atom. The monoisotopic (exact) mass is 537 g/mol. The van der Waals surface area contributed by atoms with Crippen LogP contribution in [-0.2, 0) is 13.2 Å². The van der Waals surface area contributed by atoms with Gasteiger partial charge in [-0.05, 0) is 94.6 Å². The first kappa shape index (κ1) is 22.5. The fourth-order valence-corrected chi connectivity index (χ4v) is 4.64. The highest BCUT2D eigenvalue weighted by Crippen LogP contribution is 2.35. The van der Waals surface area contributed by atoms with Gasteiger partial charge in [0.25, 0.3) is 0 Å². The van der Waals surface area contributed by atoms with Crippen LogP contribution < -0.4 is 14.8 Å². The summed E-state index contributed by atoms with van der Waals surface area (Å²) in [5, 5.41) is 6.01. The molecule has 0 saturated heterocycles. The third kappa shape index (κ3) is 5.18. The van der Waals surface area contributed by atoms with Gasteiger partial charge in [-0.15, -0.1) is 0 Å². The average Bonchev–Trinajstić information content (AvgIpc) is 2.79. The smallest absolute Gasteiger partial charge is 0.174 e. The maximum absolute atomic E-state index is 6.31. The maximum atomic E-state index is 6.31. The fraction of sp³-hybridized carbons (Fsp3) is 0.214. The number of hydrogen-bond acceptors (Lipinski definition) is 3. The Bertz CT molecular complexity index is 1230. The van der Waals surface area contributed by atoms with Gasteiger partial charge >= 0.3 is 0 Å². The molecule has 3 nitrogen and oxygen atoms in total. The van der Waals surface area contributed by atoms with Gasteiger partial charge < -0.3 is 14.8 Å². The van der Waals surface area contributed by atoms with Crippen LogP contribution in [0.1, 0.15) is 29.2 Å². The van der Waals surface area contributed by atoms with Crippen LogP contribution in [0.5, 0.6) is 11.5 Å². The average molecular weight is 537 g/mol. The van der Waals surface area contributed by atoms with E-state index in [2.05, 4.69) is 115 Å². The van der Waals surface area contributed by atoms with Gasteiger partial charge in [0.05, 0.1) is 10.2 Å². The molecule has 0 fully saturated rings. The summed E-state index contributed by atoms with van der Waals surface area (Å²) in [6.07, 6.45) is 0. The lowest BCUT2D eigenvalue weighted by Gasteiger charge is -2.17. The van der Waals surface area contributed by atoms with Crippen molar-refractivity contribution < 1.29 is 9.47 Å². The molecule has 0 spiro atoms. The first-order valence-electron chi connectivity index (χ1n) is 10.9. The Kier molecular flexibility index (Phi) is 7.20. The number of aryl methyl sites for hydroxylation is 2. The van der Waals surface area contributed by atoms with E-state index >= 15 is 0 Å². The minimum absolute atomic E-state index is 0.498. The summed E-state index contributed by atoms with van der Waals surface area (Å²) in [6.45, 7) is 8.06. The second-order valence-electron chi connectivity index (χ2n) is 7.94. The summed E-state index contributed by atoms with van der Waals surface area (Å²) in [4.78, 5) is 0. The van der Waals surface area contributed by atoms with Gasteiger partial charge in [-0.2, -0.15) is 0 Å². The minimum atomic E-state index is 0.498. The van der Waals surface area contributed by atoms with Gasteiger partial charge in [-0.3, -0.25) is 0 Å². The topological polar surface area (TPSA) is 30.5 Å². The number of hydrogen-bond donors (Lipinski definition) is 1. The zero-order valence-corrected chi connectivity index (χ0v) is 20.9. The molecule has 0 aliphatic heterocycles. The van der Waals surface area contributed by atoms with Crippen molar-refractivity contribution in [3.05, 3.63) is 98.6 Å². The highest BCUT2D eigenvalue weighted by molar-refractivity contribution is 14.1. The number of fused-ring (bicyclic) bond motifs is 1. The first-order valence-corrected chi connectivity index (χ1v) is 12.0. The molecule has 1 N–H and O–H groups in total. The second-order valence-corrected chi connectivity index (χ2v) is 9.10. The standard InChI is InChI=1S/C28H28INO2/c1-4-31-27-16-21(17-30-26-14-19(2)12-13-20(26)3)15-25(29)28(27)32-18-23-10-7-9-22-8-5-6-11-24(22)23/h5-16,30H,4,17-18H2,1-3H3. The molecule has 0 saturated carbocycles. The zero-order chi connectivity index (χ0) is 22.5. The Labute approximate surface area is 203 Å². The molecule has 164 valence electrons. The van der Waals surface area contributed by atoms with Gasteiger partial charge in [0.1, 0.15) is 6.61 Å². The molecule has 32 heavy (non-hydrogen) atoms. The predicted molar refractivity (Wildman–Crippen MR) is 142 cm³/mol. The maximum Gasteiger partial charge on any atom is 0.174 e. The second kappa shape index (κ2) is 10.3. The van der Waals surface area contributed by atoms with Crippen molar-refractivity contribution in [3.8, 4) is 11.5 Å². The van der Waals surface area contributed by atoms with Crippen LogP contribution in [0.25, 0.3) is 10.8 Å². The lowest BCUT2D eigenvalue weighted by atomic mass is 10.1. The van der Waals surface area contributed by atoms with Gasteiger partial charge in [0.2, 0.25) is 0 Å². The van der Waals surface area contributed by atoms with Crippen molar-refractivity contribution in [2.75, 3.05) is 11.9 Å². The molecule has 4 heteroatoms. The first-order chi connectivity index (χ1) is 15.5. The van der Waals surface area contributed by atoms with Crippen LogP contribution in [0.15, 0.2) is 72.8 Å². The van der Waals surface area contributed by atoms with E-state index in [4.69, 9.17) is 9.47 Å². The molecular weight excluding hydrogens is 509 g/mol. The van der Waals surface area contributed by atoms with Crippen LogP contribution in [0, 0.1) is 17.4 Å². The SMILES string of the molecule is CCOc1cc(CNc2cc(C)ccc2C)cc(I)c1OCc1cccc2ccccc12. The summed E-state index contributed by atoms with van der Waals surface area (Å²) in [6, 6.07) is 25.5. The van der Waals surface area contributed by atoms with Crippen LogP contribution in [0.4, 0.5) is 5.69 Å². The Hall–Kier alpha value is -2.73. The number of halogens is 1. The van der Waals surface area contributed by atoms with E-state index in [-0.39, 0.29) is 0 Å². The summed E-state index contributed by atoms with van der Waals surface area (Å²) < 4.78 is 13.3. The third-order valence-corrected chi connectivity index (χ3v) is 6.30. The molecule has 0 amide bonds. The van der Waals surface area contributed by atoms with E-state index in [1.54, 1.807) is 0 Å². The van der Waals surface area contributed by atoms with Gasteiger partial charge in [0, 0.05) is 12.2 Å². The summed E-state index contributed by atoms with van der Waals surface area (Å²) in [5.41, 5.74) is 5.98. The molecule has 0 unspecified atom stereocenters. The Morgan fingerprint density at radius 2 is 1.69 bits per heavy atom. The number of nitrogens with one attached hydrogen (secondary N) is 1. The molecule has 4 rings (SSSR count). The zero-order valence-electron chi connectivity index (χ0n) is 18.7. The van der Waals surface area contributed by atoms with E-state index in [0.717, 1.165) is 32.9 Å². The summed E-state index contributed by atoms with van der Waals surface area (Å²) >= 11 is 2.35. The number of anilines is 1. The number of rotatable bonds is 8. The highest BCUT2D eigenvalue weighted by atomic mass is 127. The van der Waals surface area contributed by atoms with Gasteiger partial charge in [-0.1, -0.05) is 54.6 Å². The number of ether oxygens (including phenoxy) is 2. The molecule has 0 bridgehead atoms. The van der Waals surface area contributed by atoms with Crippen molar-refractivity contribution in [3.63, 3.8) is 0 Å². The molecule has 0 heterocycles. The lowest BCUT2D eigenvalue weighted by molar-refractivity contribution is 0.268. The molecule has 0 radical (unpaired) electrons. The normalized spacial score (nSPS) is 10.9. The fourth-order valence-electron chi connectivity index (χ4n) is 3.82. The molecule has 0 atom stereocenters. The quantitative estimate of drug-likeness (QED) is 0.234. The van der Waals surface area contributed by atoms with E-state index in [1.807, 2.05) is 6.92 Å². The highest BCUT2D eigenvalue weighted by Gasteiger charge is 2.14. The summed E-state index contributed by atoms with van der Waals surface area (Å²) in [7, 11) is 0. The van der Waals surface area contributed by atoms with Crippen molar-refractivity contribution in [1.29, 1.82) is 0 Å². The van der Waals surface area contributed by atoms with Crippen molar-refractivity contribution in [2.24, 2.45) is 0 Å². The van der Waals surface area contributed by atoms with Crippen molar-refractivity contribution in [2.45, 2.75) is 33.9 Å². The van der Waals surface area contributed by atoms with Gasteiger partial charge in [-0.25, -0.2) is 0 Å². The predicted octanol–water partition coefficient (Wildman–Crippen LogP) is 7.65. The van der Waals surface area contributed by atoms with Gasteiger partial charge in [0.15, 0.2) is 11.5 Å². The van der Waals surface area contributed by atoms with Crippen LogP contribution in [0.3, 0.4) is 0 Å². The van der Waals surface area contributed by atoms with Crippen LogP contribution in [-0.4, -0.2) is 6.61 Å². The third-order valence-electron chi connectivity index (χ3n) is 5.50. The summed E-state index contributed by atoms with van der Waals surface area (Å²) in [5.74, 6) is 1.59. The Morgan fingerprint density at radius 3 is 2.53 bits per heavy atom. The lowest BCUT2D eigenvalue weighted by Crippen LogP contribution is -2.05.